The number of tetrazole rings is 1. The molecule has 0 radical (unpaired) electrons. The van der Waals surface area contributed by atoms with Gasteiger partial charge in [-0.1, -0.05) is 41.9 Å². The summed E-state index contributed by atoms with van der Waals surface area (Å²) in [5.74, 6) is 1.24. The van der Waals surface area contributed by atoms with Crippen molar-refractivity contribution in [1.82, 2.24) is 35.2 Å². The molecule has 0 saturated carbocycles. The third-order valence-corrected chi connectivity index (χ3v) is 6.24. The van der Waals surface area contributed by atoms with Crippen molar-refractivity contribution in [2.45, 2.75) is 18.9 Å². The van der Waals surface area contributed by atoms with Crippen molar-refractivity contribution in [2.24, 2.45) is 0 Å². The van der Waals surface area contributed by atoms with Gasteiger partial charge in [0, 0.05) is 22.3 Å². The number of H-pyrrole nitrogens is 2. The molecule has 0 amide bonds. The highest BCUT2D eigenvalue weighted by Crippen LogP contribution is 2.35. The molecule has 0 bridgehead atoms. The summed E-state index contributed by atoms with van der Waals surface area (Å²) in [6.45, 7) is 0. The predicted octanol–water partition coefficient (Wildman–Crippen LogP) is 4.27. The zero-order chi connectivity index (χ0) is 22.4. The number of fused-ring (bicyclic) bond motifs is 1. The minimum atomic E-state index is -0.130. The van der Waals surface area contributed by atoms with Crippen molar-refractivity contribution in [3.05, 3.63) is 93.8 Å². The topological polar surface area (TPSA) is 105 Å². The van der Waals surface area contributed by atoms with Crippen molar-refractivity contribution in [3.63, 3.8) is 0 Å². The lowest BCUT2D eigenvalue weighted by Crippen LogP contribution is -2.23. The number of hydrogen-bond donors (Lipinski definition) is 2. The van der Waals surface area contributed by atoms with Crippen LogP contribution >= 0.6 is 11.6 Å². The standard InChI is InChI=1S/C24H18ClN7O/c25-16-6-8-18(23-28-30-31-29-23)19(12-16)15-10-17-7-9-21(32(17)22(33)11-15)24-26-13-20(27-24)14-4-2-1-3-5-14/h1-6,8,10-13,21H,7,9H2,(H,26,27)(H,28,29,30,31). The molecular weight excluding hydrogens is 438 g/mol. The summed E-state index contributed by atoms with van der Waals surface area (Å²) in [7, 11) is 0. The highest BCUT2D eigenvalue weighted by atomic mass is 35.5. The van der Waals surface area contributed by atoms with E-state index in [1.165, 1.54) is 0 Å². The van der Waals surface area contributed by atoms with E-state index < -0.39 is 0 Å². The molecule has 5 aromatic rings. The second kappa shape index (κ2) is 7.83. The monoisotopic (exact) mass is 455 g/mol. The maximum Gasteiger partial charge on any atom is 0.252 e. The number of hydrogen-bond acceptors (Lipinski definition) is 5. The van der Waals surface area contributed by atoms with Gasteiger partial charge in [0.15, 0.2) is 0 Å². The summed E-state index contributed by atoms with van der Waals surface area (Å²) in [5.41, 5.74) is 5.20. The molecule has 2 N–H and O–H groups in total. The van der Waals surface area contributed by atoms with Gasteiger partial charge in [-0.05, 0) is 59.0 Å². The van der Waals surface area contributed by atoms with Crippen LogP contribution in [0.15, 0.2) is 71.7 Å². The number of benzene rings is 2. The molecule has 1 aliphatic heterocycles. The quantitative estimate of drug-likeness (QED) is 0.421. The first-order valence-electron chi connectivity index (χ1n) is 10.6. The molecule has 33 heavy (non-hydrogen) atoms. The van der Waals surface area contributed by atoms with Crippen LogP contribution in [0.4, 0.5) is 0 Å². The number of nitrogens with zero attached hydrogens (tertiary/aromatic N) is 5. The normalized spacial score (nSPS) is 15.0. The Morgan fingerprint density at radius 3 is 2.70 bits per heavy atom. The smallest absolute Gasteiger partial charge is 0.252 e. The molecule has 0 aliphatic carbocycles. The van der Waals surface area contributed by atoms with Crippen LogP contribution in [0, 0.1) is 0 Å². The molecule has 3 aromatic heterocycles. The molecule has 6 rings (SSSR count). The van der Waals surface area contributed by atoms with E-state index in [0.29, 0.717) is 10.8 Å². The fourth-order valence-electron chi connectivity index (χ4n) is 4.51. The Bertz CT molecular complexity index is 1510. The summed E-state index contributed by atoms with van der Waals surface area (Å²) in [5, 5.41) is 14.9. The molecule has 0 fully saturated rings. The van der Waals surface area contributed by atoms with E-state index in [1.807, 2.05) is 59.3 Å². The third kappa shape index (κ3) is 3.44. The van der Waals surface area contributed by atoms with Crippen LogP contribution < -0.4 is 5.56 Å². The number of pyridine rings is 1. The van der Waals surface area contributed by atoms with Crippen molar-refractivity contribution < 1.29 is 0 Å². The number of halogens is 1. The zero-order valence-electron chi connectivity index (χ0n) is 17.4. The molecule has 162 valence electrons. The van der Waals surface area contributed by atoms with Gasteiger partial charge in [0.05, 0.1) is 17.9 Å². The maximum atomic E-state index is 13.3. The van der Waals surface area contributed by atoms with E-state index in [0.717, 1.165) is 52.3 Å². The summed E-state index contributed by atoms with van der Waals surface area (Å²) in [6.07, 6.45) is 3.39. The maximum absolute atomic E-state index is 13.3. The fourth-order valence-corrected chi connectivity index (χ4v) is 4.68. The number of rotatable bonds is 4. The highest BCUT2D eigenvalue weighted by molar-refractivity contribution is 6.31. The molecule has 0 spiro atoms. The molecule has 8 nitrogen and oxygen atoms in total. The first-order chi connectivity index (χ1) is 16.2. The van der Waals surface area contributed by atoms with Gasteiger partial charge in [-0.25, -0.2) is 4.98 Å². The van der Waals surface area contributed by atoms with Crippen molar-refractivity contribution in [1.29, 1.82) is 0 Å². The number of aryl methyl sites for hydroxylation is 1. The van der Waals surface area contributed by atoms with E-state index in [-0.39, 0.29) is 11.6 Å². The SMILES string of the molecule is O=c1cc(-c2cc(Cl)ccc2-c2nn[nH]n2)cc2n1C(c1ncc(-c3ccccc3)[nH]1)CC2. The number of aromatic amines is 2. The minimum absolute atomic E-state index is 0.0818. The number of aromatic nitrogens is 7. The molecule has 1 unspecified atom stereocenters. The van der Waals surface area contributed by atoms with Gasteiger partial charge in [0.2, 0.25) is 5.82 Å². The van der Waals surface area contributed by atoms with Gasteiger partial charge in [-0.15, -0.1) is 10.2 Å². The molecule has 2 aromatic carbocycles. The minimum Gasteiger partial charge on any atom is -0.340 e. The second-order valence-electron chi connectivity index (χ2n) is 7.97. The average molecular weight is 456 g/mol. The largest absolute Gasteiger partial charge is 0.340 e. The first kappa shape index (κ1) is 19.6. The van der Waals surface area contributed by atoms with Crippen LogP contribution in [0.25, 0.3) is 33.8 Å². The van der Waals surface area contributed by atoms with Gasteiger partial charge >= 0.3 is 0 Å². The Balaban J connectivity index is 1.40. The summed E-state index contributed by atoms with van der Waals surface area (Å²) < 4.78 is 1.83. The van der Waals surface area contributed by atoms with Gasteiger partial charge in [0.25, 0.3) is 5.56 Å². The molecule has 9 heteroatoms. The molecule has 1 aliphatic rings. The zero-order valence-corrected chi connectivity index (χ0v) is 18.1. The Labute approximate surface area is 193 Å². The van der Waals surface area contributed by atoms with E-state index in [2.05, 4.69) is 30.6 Å². The Hall–Kier alpha value is -4.04. The fraction of sp³-hybridized carbons (Fsp3) is 0.125. The molecular formula is C24H18ClN7O. The van der Waals surface area contributed by atoms with Gasteiger partial charge < -0.3 is 9.55 Å². The summed E-state index contributed by atoms with van der Waals surface area (Å²) in [6, 6.07) is 19.0. The van der Waals surface area contributed by atoms with E-state index in [9.17, 15) is 4.79 Å². The molecule has 1 atom stereocenters. The summed E-state index contributed by atoms with van der Waals surface area (Å²) >= 11 is 6.28. The predicted molar refractivity (Wildman–Crippen MR) is 125 cm³/mol. The third-order valence-electron chi connectivity index (χ3n) is 6.01. The van der Waals surface area contributed by atoms with Gasteiger partial charge in [-0.3, -0.25) is 4.79 Å². The van der Waals surface area contributed by atoms with Crippen molar-refractivity contribution in [2.75, 3.05) is 0 Å². The van der Waals surface area contributed by atoms with Gasteiger partial charge in [-0.2, -0.15) is 5.21 Å². The number of imidazole rings is 1. The van der Waals surface area contributed by atoms with Crippen LogP contribution in [-0.4, -0.2) is 35.2 Å². The lowest BCUT2D eigenvalue weighted by molar-refractivity contribution is 0.572. The van der Waals surface area contributed by atoms with Crippen LogP contribution in [0.3, 0.4) is 0 Å². The first-order valence-corrected chi connectivity index (χ1v) is 10.9. The molecule has 4 heterocycles. The van der Waals surface area contributed by atoms with Crippen molar-refractivity contribution >= 4 is 11.6 Å². The van der Waals surface area contributed by atoms with E-state index in [4.69, 9.17) is 11.6 Å². The molecule has 0 saturated heterocycles. The lowest BCUT2D eigenvalue weighted by atomic mass is 9.99. The Morgan fingerprint density at radius 2 is 1.88 bits per heavy atom. The second-order valence-corrected chi connectivity index (χ2v) is 8.41. The van der Waals surface area contributed by atoms with Gasteiger partial charge in [0.1, 0.15) is 5.82 Å². The Kier molecular flexibility index (Phi) is 4.66. The van der Waals surface area contributed by atoms with Crippen LogP contribution in [0.5, 0.6) is 0 Å². The number of nitrogens with one attached hydrogen (secondary N) is 2. The van der Waals surface area contributed by atoms with Crippen LogP contribution in [0.2, 0.25) is 5.02 Å². The average Bonchev–Trinajstić information content (AvgIpc) is 3.60. The lowest BCUT2D eigenvalue weighted by Gasteiger charge is -2.14. The van der Waals surface area contributed by atoms with E-state index in [1.54, 1.807) is 12.1 Å². The van der Waals surface area contributed by atoms with Crippen molar-refractivity contribution in [3.8, 4) is 33.8 Å². The van der Waals surface area contributed by atoms with Crippen LogP contribution in [-0.2, 0) is 6.42 Å². The van der Waals surface area contributed by atoms with E-state index >= 15 is 0 Å². The van der Waals surface area contributed by atoms with Crippen LogP contribution in [0.1, 0.15) is 24.0 Å². The summed E-state index contributed by atoms with van der Waals surface area (Å²) in [4.78, 5) is 21.3. The highest BCUT2D eigenvalue weighted by Gasteiger charge is 2.28. The Morgan fingerprint density at radius 1 is 1.00 bits per heavy atom.